The predicted octanol–water partition coefficient (Wildman–Crippen LogP) is 4.50. The SMILES string of the molecule is CCc1cccc(C)c1NS(=O)(=O)c1c(C)c(C)cc2c(C)c(C(=O)N3CCOCC3)oc12. The van der Waals surface area contributed by atoms with Gasteiger partial charge in [0, 0.05) is 24.0 Å². The minimum atomic E-state index is -3.99. The summed E-state index contributed by atoms with van der Waals surface area (Å²) in [5.74, 6) is -0.0655. The number of sulfonamides is 1. The molecule has 8 heteroatoms. The molecule has 2 heterocycles. The van der Waals surface area contributed by atoms with Crippen molar-refractivity contribution in [3.8, 4) is 0 Å². The monoisotopic (exact) mass is 470 g/mol. The number of anilines is 1. The highest BCUT2D eigenvalue weighted by Gasteiger charge is 2.30. The number of furan rings is 1. The number of fused-ring (bicyclic) bond motifs is 1. The highest BCUT2D eigenvalue weighted by molar-refractivity contribution is 7.93. The van der Waals surface area contributed by atoms with Gasteiger partial charge in [-0.15, -0.1) is 0 Å². The third-order valence-electron chi connectivity index (χ3n) is 6.43. The second kappa shape index (κ2) is 8.83. The van der Waals surface area contributed by atoms with Crippen molar-refractivity contribution in [1.82, 2.24) is 4.90 Å². The van der Waals surface area contributed by atoms with Crippen molar-refractivity contribution in [1.29, 1.82) is 0 Å². The molecule has 0 bridgehead atoms. The summed E-state index contributed by atoms with van der Waals surface area (Å²) < 4.78 is 41.6. The fourth-order valence-corrected chi connectivity index (χ4v) is 5.96. The molecule has 33 heavy (non-hydrogen) atoms. The van der Waals surface area contributed by atoms with Crippen LogP contribution in [-0.4, -0.2) is 45.5 Å². The van der Waals surface area contributed by atoms with E-state index in [0.29, 0.717) is 54.9 Å². The van der Waals surface area contributed by atoms with Crippen LogP contribution in [-0.2, 0) is 21.2 Å². The predicted molar refractivity (Wildman–Crippen MR) is 129 cm³/mol. The first-order valence-electron chi connectivity index (χ1n) is 11.2. The normalized spacial score (nSPS) is 14.6. The molecule has 0 saturated carbocycles. The zero-order valence-electron chi connectivity index (χ0n) is 19.7. The zero-order valence-corrected chi connectivity index (χ0v) is 20.6. The van der Waals surface area contributed by atoms with Crippen molar-refractivity contribution < 1.29 is 22.4 Å². The number of carbonyl (C=O) groups is 1. The molecular formula is C25H30N2O5S. The number of hydrogen-bond donors (Lipinski definition) is 1. The average Bonchev–Trinajstić information content (AvgIpc) is 3.11. The zero-order chi connectivity index (χ0) is 23.9. The van der Waals surface area contributed by atoms with E-state index in [2.05, 4.69) is 4.72 Å². The van der Waals surface area contributed by atoms with Gasteiger partial charge < -0.3 is 14.1 Å². The molecule has 1 N–H and O–H groups in total. The van der Waals surface area contributed by atoms with Crippen LogP contribution < -0.4 is 4.72 Å². The number of morpholine rings is 1. The smallest absolute Gasteiger partial charge is 0.290 e. The molecule has 4 rings (SSSR count). The highest BCUT2D eigenvalue weighted by atomic mass is 32.2. The Bertz CT molecular complexity index is 1330. The van der Waals surface area contributed by atoms with Gasteiger partial charge in [0.05, 0.1) is 18.9 Å². The van der Waals surface area contributed by atoms with Crippen LogP contribution in [0.2, 0.25) is 0 Å². The number of nitrogens with one attached hydrogen (secondary N) is 1. The van der Waals surface area contributed by atoms with Gasteiger partial charge >= 0.3 is 0 Å². The van der Waals surface area contributed by atoms with E-state index in [-0.39, 0.29) is 22.1 Å². The second-order valence-electron chi connectivity index (χ2n) is 8.55. The third-order valence-corrected chi connectivity index (χ3v) is 7.93. The average molecular weight is 471 g/mol. The van der Waals surface area contributed by atoms with Crippen LogP contribution in [0.15, 0.2) is 33.6 Å². The largest absolute Gasteiger partial charge is 0.449 e. The fourth-order valence-electron chi connectivity index (χ4n) is 4.34. The summed E-state index contributed by atoms with van der Waals surface area (Å²) in [5, 5.41) is 0.635. The Morgan fingerprint density at radius 1 is 1.06 bits per heavy atom. The maximum atomic E-state index is 13.7. The standard InChI is InChI=1S/C25H30N2O5S/c1-6-19-9-7-8-15(2)21(19)26-33(29,30)24-17(4)16(3)14-20-18(5)22(32-23(20)24)25(28)27-10-12-31-13-11-27/h7-9,14,26H,6,10-13H2,1-5H3. The van der Waals surface area contributed by atoms with E-state index in [9.17, 15) is 13.2 Å². The summed E-state index contributed by atoms with van der Waals surface area (Å²) in [4.78, 5) is 14.9. The Kier molecular flexibility index (Phi) is 6.24. The molecule has 0 unspecified atom stereocenters. The van der Waals surface area contributed by atoms with Crippen LogP contribution in [0.25, 0.3) is 11.0 Å². The number of ether oxygens (including phenoxy) is 1. The van der Waals surface area contributed by atoms with Crippen LogP contribution in [0.3, 0.4) is 0 Å². The topological polar surface area (TPSA) is 88.9 Å². The maximum Gasteiger partial charge on any atom is 0.290 e. The molecule has 1 aliphatic rings. The number of amides is 1. The third kappa shape index (κ3) is 4.13. The van der Waals surface area contributed by atoms with Gasteiger partial charge in [-0.2, -0.15) is 0 Å². The molecule has 1 saturated heterocycles. The van der Waals surface area contributed by atoms with E-state index in [1.807, 2.05) is 45.0 Å². The molecule has 7 nitrogen and oxygen atoms in total. The van der Waals surface area contributed by atoms with Gasteiger partial charge in [0.2, 0.25) is 0 Å². The summed E-state index contributed by atoms with van der Waals surface area (Å²) in [6.07, 6.45) is 0.694. The lowest BCUT2D eigenvalue weighted by molar-refractivity contribution is 0.0283. The Morgan fingerprint density at radius 2 is 1.76 bits per heavy atom. The van der Waals surface area contributed by atoms with Crippen molar-refractivity contribution in [2.75, 3.05) is 31.0 Å². The van der Waals surface area contributed by atoms with E-state index in [1.165, 1.54) is 0 Å². The lowest BCUT2D eigenvalue weighted by Crippen LogP contribution is -2.40. The number of carbonyl (C=O) groups excluding carboxylic acids is 1. The summed E-state index contributed by atoms with van der Waals surface area (Å²) in [6, 6.07) is 7.61. The van der Waals surface area contributed by atoms with Crippen LogP contribution >= 0.6 is 0 Å². The molecule has 1 fully saturated rings. The van der Waals surface area contributed by atoms with Crippen LogP contribution in [0.5, 0.6) is 0 Å². The fraction of sp³-hybridized carbons (Fsp3) is 0.400. The molecule has 0 aliphatic carbocycles. The summed E-state index contributed by atoms with van der Waals surface area (Å²) >= 11 is 0. The van der Waals surface area contributed by atoms with Crippen LogP contribution in [0.4, 0.5) is 5.69 Å². The molecule has 3 aromatic rings. The quantitative estimate of drug-likeness (QED) is 0.593. The van der Waals surface area contributed by atoms with E-state index < -0.39 is 10.0 Å². The van der Waals surface area contributed by atoms with Crippen molar-refractivity contribution in [3.05, 3.63) is 57.8 Å². The lowest BCUT2D eigenvalue weighted by atomic mass is 10.0. The summed E-state index contributed by atoms with van der Waals surface area (Å²) in [6.45, 7) is 11.2. The maximum absolute atomic E-state index is 13.7. The minimum absolute atomic E-state index is 0.0759. The van der Waals surface area contributed by atoms with Gasteiger partial charge in [0.15, 0.2) is 11.3 Å². The molecule has 1 amide bonds. The Hall–Kier alpha value is -2.84. The molecule has 1 aromatic heterocycles. The molecule has 1 aliphatic heterocycles. The number of para-hydroxylation sites is 1. The second-order valence-corrected chi connectivity index (χ2v) is 10.2. The van der Waals surface area contributed by atoms with Crippen molar-refractivity contribution in [2.45, 2.75) is 45.9 Å². The van der Waals surface area contributed by atoms with Crippen molar-refractivity contribution >= 4 is 32.6 Å². The first kappa shape index (κ1) is 23.3. The minimum Gasteiger partial charge on any atom is -0.449 e. The van der Waals surface area contributed by atoms with Gasteiger partial charge in [-0.3, -0.25) is 9.52 Å². The van der Waals surface area contributed by atoms with Gasteiger partial charge in [0.25, 0.3) is 15.9 Å². The van der Waals surface area contributed by atoms with Gasteiger partial charge in [-0.25, -0.2) is 8.42 Å². The number of nitrogens with zero attached hydrogens (tertiary/aromatic N) is 1. The lowest BCUT2D eigenvalue weighted by Gasteiger charge is -2.26. The van der Waals surface area contributed by atoms with Crippen molar-refractivity contribution in [3.63, 3.8) is 0 Å². The molecule has 2 aromatic carbocycles. The molecular weight excluding hydrogens is 440 g/mol. The van der Waals surface area contributed by atoms with Crippen LogP contribution in [0, 0.1) is 27.7 Å². The first-order valence-corrected chi connectivity index (χ1v) is 12.7. The first-order chi connectivity index (χ1) is 15.7. The Labute approximate surface area is 194 Å². The number of hydrogen-bond acceptors (Lipinski definition) is 5. The van der Waals surface area contributed by atoms with Gasteiger partial charge in [-0.1, -0.05) is 25.1 Å². The van der Waals surface area contributed by atoms with Gasteiger partial charge in [0.1, 0.15) is 4.90 Å². The van der Waals surface area contributed by atoms with E-state index in [0.717, 1.165) is 16.7 Å². The molecule has 0 radical (unpaired) electrons. The number of benzene rings is 2. The van der Waals surface area contributed by atoms with E-state index in [1.54, 1.807) is 18.7 Å². The molecule has 176 valence electrons. The van der Waals surface area contributed by atoms with E-state index in [4.69, 9.17) is 9.15 Å². The Balaban J connectivity index is 1.87. The van der Waals surface area contributed by atoms with Gasteiger partial charge in [-0.05, 0) is 62.4 Å². The number of rotatable bonds is 5. The highest BCUT2D eigenvalue weighted by Crippen LogP contribution is 2.36. The molecule has 0 spiro atoms. The number of aryl methyl sites for hydroxylation is 4. The van der Waals surface area contributed by atoms with E-state index >= 15 is 0 Å². The summed E-state index contributed by atoms with van der Waals surface area (Å²) in [5.41, 5.74) is 4.62. The van der Waals surface area contributed by atoms with Crippen molar-refractivity contribution in [2.24, 2.45) is 0 Å². The Morgan fingerprint density at radius 3 is 2.42 bits per heavy atom. The summed E-state index contributed by atoms with van der Waals surface area (Å²) in [7, 11) is -3.99. The van der Waals surface area contributed by atoms with Crippen LogP contribution in [0.1, 0.15) is 45.3 Å². The molecule has 0 atom stereocenters.